The Hall–Kier alpha value is -1.83. The smallest absolute Gasteiger partial charge is 0.194 e. The van der Waals surface area contributed by atoms with Crippen LogP contribution in [0.2, 0.25) is 0 Å². The Kier molecular flexibility index (Phi) is 3.89. The Morgan fingerprint density at radius 3 is 2.21 bits per heavy atom. The van der Waals surface area contributed by atoms with E-state index in [4.69, 9.17) is 0 Å². The van der Waals surface area contributed by atoms with Gasteiger partial charge < -0.3 is 10.6 Å². The standard InChI is InChI=1S/C11H8BrF3N4/c1-16-10-8(12)11(18-4-17-10)19-5-2-6(13)9(15)7(14)3-5/h2-4H,1H3,(H2,16,17,18,19). The minimum atomic E-state index is -1.51. The van der Waals surface area contributed by atoms with Gasteiger partial charge in [0.25, 0.3) is 0 Å². The van der Waals surface area contributed by atoms with Gasteiger partial charge in [-0.2, -0.15) is 0 Å². The number of halogens is 4. The maximum Gasteiger partial charge on any atom is 0.194 e. The predicted molar refractivity (Wildman–Crippen MR) is 68.9 cm³/mol. The highest BCUT2D eigenvalue weighted by atomic mass is 79.9. The average Bonchev–Trinajstić information content (AvgIpc) is 2.38. The van der Waals surface area contributed by atoms with Gasteiger partial charge in [-0.3, -0.25) is 0 Å². The molecule has 0 unspecified atom stereocenters. The lowest BCUT2D eigenvalue weighted by Crippen LogP contribution is -2.02. The summed E-state index contributed by atoms with van der Waals surface area (Å²) in [4.78, 5) is 7.85. The molecular formula is C11H8BrF3N4. The molecule has 8 heteroatoms. The van der Waals surface area contributed by atoms with Crippen molar-refractivity contribution in [3.8, 4) is 0 Å². The second-order valence-electron chi connectivity index (χ2n) is 3.51. The van der Waals surface area contributed by atoms with Crippen LogP contribution < -0.4 is 10.6 Å². The number of nitrogens with one attached hydrogen (secondary N) is 2. The first-order valence-electron chi connectivity index (χ1n) is 5.12. The molecule has 0 fully saturated rings. The van der Waals surface area contributed by atoms with E-state index in [1.807, 2.05) is 0 Å². The molecule has 1 aromatic heterocycles. The van der Waals surface area contributed by atoms with Crippen molar-refractivity contribution in [2.75, 3.05) is 17.7 Å². The van der Waals surface area contributed by atoms with E-state index in [-0.39, 0.29) is 5.69 Å². The van der Waals surface area contributed by atoms with Crippen LogP contribution in [0, 0.1) is 17.5 Å². The third-order valence-electron chi connectivity index (χ3n) is 2.27. The van der Waals surface area contributed by atoms with Gasteiger partial charge in [0.1, 0.15) is 22.4 Å². The summed E-state index contributed by atoms with van der Waals surface area (Å²) in [6, 6.07) is 1.68. The normalized spacial score (nSPS) is 10.4. The molecule has 0 amide bonds. The van der Waals surface area contributed by atoms with E-state index in [9.17, 15) is 13.2 Å². The van der Waals surface area contributed by atoms with Crippen LogP contribution >= 0.6 is 15.9 Å². The lowest BCUT2D eigenvalue weighted by molar-refractivity contribution is 0.448. The molecule has 100 valence electrons. The van der Waals surface area contributed by atoms with Crippen molar-refractivity contribution in [2.45, 2.75) is 0 Å². The SMILES string of the molecule is CNc1ncnc(Nc2cc(F)c(F)c(F)c2)c1Br. The fraction of sp³-hybridized carbons (Fsp3) is 0.0909. The molecule has 0 aliphatic carbocycles. The molecule has 4 nitrogen and oxygen atoms in total. The van der Waals surface area contributed by atoms with E-state index in [0.29, 0.717) is 16.1 Å². The minimum absolute atomic E-state index is 0.0397. The van der Waals surface area contributed by atoms with Gasteiger partial charge in [-0.05, 0) is 15.9 Å². The van der Waals surface area contributed by atoms with Gasteiger partial charge in [0.2, 0.25) is 0 Å². The highest BCUT2D eigenvalue weighted by molar-refractivity contribution is 9.10. The molecule has 0 bridgehead atoms. The number of nitrogens with zero attached hydrogens (tertiary/aromatic N) is 2. The van der Waals surface area contributed by atoms with Gasteiger partial charge in [0.05, 0.1) is 0 Å². The molecule has 2 rings (SSSR count). The highest BCUT2D eigenvalue weighted by Crippen LogP contribution is 2.29. The number of hydrogen-bond acceptors (Lipinski definition) is 4. The largest absolute Gasteiger partial charge is 0.372 e. The van der Waals surface area contributed by atoms with Gasteiger partial charge in [0.15, 0.2) is 17.5 Å². The quantitative estimate of drug-likeness (QED) is 0.845. The first-order chi connectivity index (χ1) is 9.02. The van der Waals surface area contributed by atoms with Crippen LogP contribution in [-0.2, 0) is 0 Å². The second kappa shape index (κ2) is 5.43. The van der Waals surface area contributed by atoms with Crippen molar-refractivity contribution < 1.29 is 13.2 Å². The van der Waals surface area contributed by atoms with Gasteiger partial charge in [-0.25, -0.2) is 23.1 Å². The predicted octanol–water partition coefficient (Wildman–Crippen LogP) is 3.44. The Bertz CT molecular complexity index is 598. The molecule has 2 aromatic rings. The highest BCUT2D eigenvalue weighted by Gasteiger charge is 2.13. The minimum Gasteiger partial charge on any atom is -0.372 e. The van der Waals surface area contributed by atoms with Crippen molar-refractivity contribution in [3.05, 3.63) is 40.4 Å². The molecule has 19 heavy (non-hydrogen) atoms. The van der Waals surface area contributed by atoms with E-state index in [0.717, 1.165) is 12.1 Å². The van der Waals surface area contributed by atoms with Crippen LogP contribution in [0.4, 0.5) is 30.5 Å². The summed E-state index contributed by atoms with van der Waals surface area (Å²) >= 11 is 3.24. The summed E-state index contributed by atoms with van der Waals surface area (Å²) in [5, 5.41) is 5.48. The van der Waals surface area contributed by atoms with E-state index in [1.165, 1.54) is 6.33 Å². The molecule has 2 N–H and O–H groups in total. The molecule has 0 saturated carbocycles. The average molecular weight is 333 g/mol. The maximum atomic E-state index is 13.1. The number of aromatic nitrogens is 2. The van der Waals surface area contributed by atoms with Crippen molar-refractivity contribution >= 4 is 33.3 Å². The van der Waals surface area contributed by atoms with Crippen LogP contribution in [0.5, 0.6) is 0 Å². The molecule has 0 radical (unpaired) electrons. The zero-order valence-corrected chi connectivity index (χ0v) is 11.2. The second-order valence-corrected chi connectivity index (χ2v) is 4.31. The van der Waals surface area contributed by atoms with Crippen molar-refractivity contribution in [2.24, 2.45) is 0 Å². The molecule has 0 aliphatic rings. The number of rotatable bonds is 3. The summed E-state index contributed by atoms with van der Waals surface area (Å²) in [5.41, 5.74) is 0.0397. The van der Waals surface area contributed by atoms with E-state index < -0.39 is 17.5 Å². The summed E-state index contributed by atoms with van der Waals surface area (Å²) in [7, 11) is 1.66. The Balaban J connectivity index is 2.36. The molecule has 0 saturated heterocycles. The lowest BCUT2D eigenvalue weighted by Gasteiger charge is -2.10. The monoisotopic (exact) mass is 332 g/mol. The summed E-state index contributed by atoms with van der Waals surface area (Å²) < 4.78 is 39.5. The number of anilines is 3. The molecule has 1 heterocycles. The van der Waals surface area contributed by atoms with Gasteiger partial charge in [0, 0.05) is 24.9 Å². The Morgan fingerprint density at radius 1 is 1.05 bits per heavy atom. The van der Waals surface area contributed by atoms with E-state index >= 15 is 0 Å². The topological polar surface area (TPSA) is 49.8 Å². The summed E-state index contributed by atoms with van der Waals surface area (Å²) in [5.74, 6) is -3.27. The molecular weight excluding hydrogens is 325 g/mol. The molecule has 0 spiro atoms. The zero-order valence-electron chi connectivity index (χ0n) is 9.64. The maximum absolute atomic E-state index is 13.1. The van der Waals surface area contributed by atoms with Gasteiger partial charge in [-0.1, -0.05) is 0 Å². The van der Waals surface area contributed by atoms with Gasteiger partial charge in [-0.15, -0.1) is 0 Å². The van der Waals surface area contributed by atoms with Crippen molar-refractivity contribution in [3.63, 3.8) is 0 Å². The first-order valence-corrected chi connectivity index (χ1v) is 5.92. The fourth-order valence-corrected chi connectivity index (χ4v) is 1.90. The summed E-state index contributed by atoms with van der Waals surface area (Å²) in [6.45, 7) is 0. The van der Waals surface area contributed by atoms with Crippen LogP contribution in [-0.4, -0.2) is 17.0 Å². The van der Waals surface area contributed by atoms with Crippen molar-refractivity contribution in [1.29, 1.82) is 0 Å². The van der Waals surface area contributed by atoms with Crippen LogP contribution in [0.1, 0.15) is 0 Å². The van der Waals surface area contributed by atoms with Crippen LogP contribution in [0.25, 0.3) is 0 Å². The van der Waals surface area contributed by atoms with Crippen LogP contribution in [0.3, 0.4) is 0 Å². The third kappa shape index (κ3) is 2.78. The first kappa shape index (κ1) is 13.6. The Labute approximate surface area is 115 Å². The van der Waals surface area contributed by atoms with Gasteiger partial charge >= 0.3 is 0 Å². The fourth-order valence-electron chi connectivity index (χ4n) is 1.40. The lowest BCUT2D eigenvalue weighted by atomic mass is 10.3. The van der Waals surface area contributed by atoms with E-state index in [1.54, 1.807) is 7.05 Å². The number of hydrogen-bond donors (Lipinski definition) is 2. The molecule has 0 aliphatic heterocycles. The zero-order chi connectivity index (χ0) is 14.0. The number of benzene rings is 1. The summed E-state index contributed by atoms with van der Waals surface area (Å²) in [6.07, 6.45) is 1.27. The van der Waals surface area contributed by atoms with Crippen LogP contribution in [0.15, 0.2) is 22.9 Å². The molecule has 0 atom stereocenters. The molecule has 1 aromatic carbocycles. The third-order valence-corrected chi connectivity index (χ3v) is 3.02. The van der Waals surface area contributed by atoms with E-state index in [2.05, 4.69) is 36.5 Å². The van der Waals surface area contributed by atoms with Crippen molar-refractivity contribution in [1.82, 2.24) is 9.97 Å². The Morgan fingerprint density at radius 2 is 1.63 bits per heavy atom.